The molecular weight excluding hydrogens is 387 g/mol. The molecule has 0 bridgehead atoms. The second kappa shape index (κ2) is 9.28. The molecule has 0 spiro atoms. The van der Waals surface area contributed by atoms with E-state index in [2.05, 4.69) is 19.9 Å². The van der Waals surface area contributed by atoms with Crippen LogP contribution in [0.5, 0.6) is 0 Å². The number of guanidine groups is 1. The van der Waals surface area contributed by atoms with E-state index in [0.717, 1.165) is 0 Å². The molecule has 13 heteroatoms. The summed E-state index contributed by atoms with van der Waals surface area (Å²) in [5, 5.41) is 0. The number of aromatic nitrogens is 4. The highest BCUT2D eigenvalue weighted by Gasteiger charge is 2.28. The van der Waals surface area contributed by atoms with Crippen LogP contribution >= 0.6 is 7.60 Å². The smallest absolute Gasteiger partial charge is 0.356 e. The van der Waals surface area contributed by atoms with Gasteiger partial charge in [0.25, 0.3) is 0 Å². The lowest BCUT2D eigenvalue weighted by molar-refractivity contribution is 0.0961. The van der Waals surface area contributed by atoms with Gasteiger partial charge < -0.3 is 35.6 Å². The SMILES string of the molecule is CC(C)OP(=O)(COCCn1cnc2nc(N)nc(N=C(N)N)c21)OC(C)C. The van der Waals surface area contributed by atoms with Crippen molar-refractivity contribution in [3.8, 4) is 0 Å². The van der Waals surface area contributed by atoms with Crippen LogP contribution in [0.15, 0.2) is 11.3 Å². The first-order valence-corrected chi connectivity index (χ1v) is 10.4. The third-order valence-electron chi connectivity index (χ3n) is 3.17. The fourth-order valence-electron chi connectivity index (χ4n) is 2.41. The van der Waals surface area contributed by atoms with Gasteiger partial charge in [0.05, 0.1) is 25.1 Å². The Hall–Kier alpha value is -2.27. The number of aliphatic imine (C=N–C) groups is 1. The fourth-order valence-corrected chi connectivity index (χ4v) is 4.22. The number of nitrogen functional groups attached to an aromatic ring is 1. The van der Waals surface area contributed by atoms with Crippen molar-refractivity contribution in [3.63, 3.8) is 0 Å². The Kier molecular flexibility index (Phi) is 7.30. The van der Waals surface area contributed by atoms with Gasteiger partial charge in [-0.05, 0) is 27.7 Å². The summed E-state index contributed by atoms with van der Waals surface area (Å²) in [6, 6.07) is 0. The summed E-state index contributed by atoms with van der Waals surface area (Å²) < 4.78 is 30.9. The van der Waals surface area contributed by atoms with E-state index in [1.165, 1.54) is 0 Å². The Morgan fingerprint density at radius 1 is 1.21 bits per heavy atom. The number of imidazole rings is 1. The normalized spacial score (nSPS) is 12.2. The lowest BCUT2D eigenvalue weighted by Gasteiger charge is -2.22. The summed E-state index contributed by atoms with van der Waals surface area (Å²) in [5.41, 5.74) is 17.4. The van der Waals surface area contributed by atoms with Crippen molar-refractivity contribution in [3.05, 3.63) is 6.33 Å². The van der Waals surface area contributed by atoms with Gasteiger partial charge in [-0.1, -0.05) is 0 Å². The Morgan fingerprint density at radius 2 is 1.86 bits per heavy atom. The minimum absolute atomic E-state index is 0.00612. The number of fused-ring (bicyclic) bond motifs is 1. The molecule has 0 unspecified atom stereocenters. The second-order valence-electron chi connectivity index (χ2n) is 6.51. The monoisotopic (exact) mass is 414 g/mol. The lowest BCUT2D eigenvalue weighted by atomic mass is 10.4. The molecule has 2 heterocycles. The third kappa shape index (κ3) is 6.13. The molecule has 0 atom stereocenters. The average Bonchev–Trinajstić information content (AvgIpc) is 2.92. The largest absolute Gasteiger partial charge is 0.370 e. The molecule has 0 radical (unpaired) electrons. The zero-order valence-corrected chi connectivity index (χ0v) is 17.3. The Labute approximate surface area is 163 Å². The van der Waals surface area contributed by atoms with Gasteiger partial charge >= 0.3 is 7.60 Å². The van der Waals surface area contributed by atoms with Gasteiger partial charge in [-0.2, -0.15) is 15.0 Å². The number of anilines is 1. The fraction of sp³-hybridized carbons (Fsp3) is 0.600. The predicted molar refractivity (Wildman–Crippen MR) is 106 cm³/mol. The Balaban J connectivity index is 2.09. The maximum Gasteiger partial charge on any atom is 0.356 e. The molecule has 0 saturated carbocycles. The standard InChI is InChI=1S/C15H27N8O4P/c1-9(2)26-28(24,27-10(3)4)8-25-6-5-23-7-19-12-11(23)13(20-14(16)17)22-15(18)21-12/h7,9-10H,5-6,8H2,1-4H3,(H6,16,17,18,20,21,22). The van der Waals surface area contributed by atoms with E-state index in [-0.39, 0.29) is 42.9 Å². The number of nitrogens with two attached hydrogens (primary N) is 3. The van der Waals surface area contributed by atoms with Crippen LogP contribution in [0, 0.1) is 0 Å². The highest BCUT2D eigenvalue weighted by atomic mass is 31.2. The first-order valence-electron chi connectivity index (χ1n) is 8.71. The topological polar surface area (TPSA) is 179 Å². The van der Waals surface area contributed by atoms with Crippen LogP contribution in [0.4, 0.5) is 11.8 Å². The summed E-state index contributed by atoms with van der Waals surface area (Å²) >= 11 is 0. The summed E-state index contributed by atoms with van der Waals surface area (Å²) in [7, 11) is -3.36. The molecule has 156 valence electrons. The van der Waals surface area contributed by atoms with E-state index in [1.807, 2.05) is 0 Å². The molecule has 28 heavy (non-hydrogen) atoms. The lowest BCUT2D eigenvalue weighted by Crippen LogP contribution is -2.22. The van der Waals surface area contributed by atoms with Crippen molar-refractivity contribution in [2.75, 3.05) is 18.7 Å². The van der Waals surface area contributed by atoms with Gasteiger partial charge in [0, 0.05) is 6.54 Å². The quantitative estimate of drug-likeness (QED) is 0.222. The molecule has 0 aliphatic rings. The molecule has 0 amide bonds. The molecule has 2 aromatic heterocycles. The first kappa shape index (κ1) is 22.0. The molecule has 12 nitrogen and oxygen atoms in total. The highest BCUT2D eigenvalue weighted by Crippen LogP contribution is 2.50. The van der Waals surface area contributed by atoms with E-state index in [1.54, 1.807) is 38.6 Å². The molecule has 0 aliphatic heterocycles. The molecule has 6 N–H and O–H groups in total. The minimum atomic E-state index is -3.36. The van der Waals surface area contributed by atoms with Crippen molar-refractivity contribution >= 4 is 36.5 Å². The van der Waals surface area contributed by atoms with Crippen LogP contribution in [0.25, 0.3) is 11.2 Å². The molecule has 2 rings (SSSR count). The third-order valence-corrected chi connectivity index (χ3v) is 5.16. The van der Waals surface area contributed by atoms with Gasteiger partial charge in [0.2, 0.25) is 5.95 Å². The van der Waals surface area contributed by atoms with Crippen molar-refractivity contribution in [2.45, 2.75) is 46.4 Å². The van der Waals surface area contributed by atoms with Crippen LogP contribution in [0.3, 0.4) is 0 Å². The molecule has 0 aromatic carbocycles. The summed E-state index contributed by atoms with van der Waals surface area (Å²) in [4.78, 5) is 16.2. The van der Waals surface area contributed by atoms with Crippen molar-refractivity contribution in [1.82, 2.24) is 19.5 Å². The van der Waals surface area contributed by atoms with Crippen molar-refractivity contribution < 1.29 is 18.3 Å². The number of hydrogen-bond donors (Lipinski definition) is 3. The second-order valence-corrected chi connectivity index (χ2v) is 8.41. The summed E-state index contributed by atoms with van der Waals surface area (Å²) in [6.45, 7) is 7.70. The molecule has 2 aromatic rings. The molecule has 0 aliphatic carbocycles. The predicted octanol–water partition coefficient (Wildman–Crippen LogP) is 1.33. The number of rotatable bonds is 10. The first-order chi connectivity index (χ1) is 13.1. The van der Waals surface area contributed by atoms with Crippen LogP contribution < -0.4 is 17.2 Å². The van der Waals surface area contributed by atoms with Gasteiger partial charge in [-0.25, -0.2) is 4.98 Å². The maximum atomic E-state index is 12.8. The van der Waals surface area contributed by atoms with Gasteiger partial charge in [0.15, 0.2) is 17.4 Å². The number of hydrogen-bond acceptors (Lipinski definition) is 9. The molecule has 0 saturated heterocycles. The van der Waals surface area contributed by atoms with E-state index in [9.17, 15) is 4.57 Å². The minimum Gasteiger partial charge on any atom is -0.370 e. The van der Waals surface area contributed by atoms with Crippen LogP contribution in [0.1, 0.15) is 27.7 Å². The summed E-state index contributed by atoms with van der Waals surface area (Å²) in [6.07, 6.45) is 0.870. The Morgan fingerprint density at radius 3 is 2.43 bits per heavy atom. The van der Waals surface area contributed by atoms with Crippen LogP contribution in [0.2, 0.25) is 0 Å². The van der Waals surface area contributed by atoms with Crippen LogP contribution in [-0.4, -0.2) is 50.6 Å². The zero-order chi connectivity index (χ0) is 20.9. The number of nitrogens with zero attached hydrogens (tertiary/aromatic N) is 5. The summed E-state index contributed by atoms with van der Waals surface area (Å²) in [5.74, 6) is 0.0459. The van der Waals surface area contributed by atoms with Gasteiger partial charge in [0.1, 0.15) is 11.9 Å². The maximum absolute atomic E-state index is 12.8. The molecular formula is C15H27N8O4P. The van der Waals surface area contributed by atoms with Crippen molar-refractivity contribution in [2.24, 2.45) is 16.5 Å². The van der Waals surface area contributed by atoms with Crippen LogP contribution in [-0.2, 0) is 24.9 Å². The zero-order valence-electron chi connectivity index (χ0n) is 16.4. The van der Waals surface area contributed by atoms with E-state index in [0.29, 0.717) is 17.7 Å². The number of ether oxygens (including phenoxy) is 1. The molecule has 0 fully saturated rings. The van der Waals surface area contributed by atoms with E-state index >= 15 is 0 Å². The van der Waals surface area contributed by atoms with Gasteiger partial charge in [-0.3, -0.25) is 4.57 Å². The van der Waals surface area contributed by atoms with E-state index < -0.39 is 7.60 Å². The van der Waals surface area contributed by atoms with Gasteiger partial charge in [-0.15, -0.1) is 0 Å². The van der Waals surface area contributed by atoms with Crippen molar-refractivity contribution in [1.29, 1.82) is 0 Å². The van der Waals surface area contributed by atoms with E-state index in [4.69, 9.17) is 31.0 Å². The Bertz CT molecular complexity index is 864. The highest BCUT2D eigenvalue weighted by molar-refractivity contribution is 7.53. The average molecular weight is 414 g/mol.